The zero-order valence-electron chi connectivity index (χ0n) is 20.3. The van der Waals surface area contributed by atoms with Crippen LogP contribution in [0.5, 0.6) is 11.5 Å². The van der Waals surface area contributed by atoms with Crippen LogP contribution in [0.1, 0.15) is 25.8 Å². The van der Waals surface area contributed by atoms with Gasteiger partial charge in [0.25, 0.3) is 0 Å². The maximum absolute atomic E-state index is 13.6. The molecule has 186 valence electrons. The van der Waals surface area contributed by atoms with Crippen molar-refractivity contribution in [3.8, 4) is 11.5 Å². The topological polar surface area (TPSA) is 105 Å². The summed E-state index contributed by atoms with van der Waals surface area (Å²) in [5.41, 5.74) is 0.992. The number of anilines is 1. The van der Waals surface area contributed by atoms with Gasteiger partial charge in [0.15, 0.2) is 0 Å². The molecule has 0 heterocycles. The van der Waals surface area contributed by atoms with E-state index >= 15 is 0 Å². The molecule has 0 aliphatic heterocycles. The minimum absolute atomic E-state index is 0.106. The number of ether oxygens (including phenoxy) is 2. The van der Waals surface area contributed by atoms with E-state index in [1.165, 1.54) is 12.0 Å². The number of benzene rings is 2. The van der Waals surface area contributed by atoms with Gasteiger partial charge in [0.05, 0.1) is 26.2 Å². The maximum atomic E-state index is 13.6. The molecule has 2 rings (SSSR count). The number of hydrogen-bond donors (Lipinski definition) is 1. The van der Waals surface area contributed by atoms with Crippen LogP contribution in [0.2, 0.25) is 0 Å². The summed E-state index contributed by atoms with van der Waals surface area (Å²) in [5, 5.41) is 2.76. The largest absolute Gasteiger partial charge is 0.497 e. The molecule has 34 heavy (non-hydrogen) atoms. The van der Waals surface area contributed by atoms with Crippen LogP contribution in [-0.2, 0) is 26.2 Å². The number of para-hydroxylation sites is 2. The molecule has 0 unspecified atom stereocenters. The van der Waals surface area contributed by atoms with Gasteiger partial charge in [0, 0.05) is 13.1 Å². The Morgan fingerprint density at radius 2 is 1.74 bits per heavy atom. The third-order valence-corrected chi connectivity index (χ3v) is 6.38. The quantitative estimate of drug-likeness (QED) is 0.489. The second kappa shape index (κ2) is 12.3. The van der Waals surface area contributed by atoms with Gasteiger partial charge in [-0.25, -0.2) is 8.42 Å². The van der Waals surface area contributed by atoms with Crippen LogP contribution in [0.4, 0.5) is 5.69 Å². The lowest BCUT2D eigenvalue weighted by Gasteiger charge is -2.33. The molecule has 2 amide bonds. The Kier molecular flexibility index (Phi) is 9.73. The van der Waals surface area contributed by atoms with Gasteiger partial charge >= 0.3 is 0 Å². The number of likely N-dealkylation sites (N-methyl/N-ethyl adjacent to an activating group) is 1. The van der Waals surface area contributed by atoms with Gasteiger partial charge in [-0.2, -0.15) is 0 Å². The highest BCUT2D eigenvalue weighted by Crippen LogP contribution is 2.30. The molecular formula is C24H33N3O6S. The Labute approximate surface area is 201 Å². The summed E-state index contributed by atoms with van der Waals surface area (Å²) >= 11 is 0. The molecule has 2 aromatic carbocycles. The van der Waals surface area contributed by atoms with E-state index in [2.05, 4.69) is 5.32 Å². The molecule has 1 N–H and O–H groups in total. The van der Waals surface area contributed by atoms with E-state index < -0.39 is 28.5 Å². The number of nitrogens with one attached hydrogen (secondary N) is 1. The van der Waals surface area contributed by atoms with E-state index in [-0.39, 0.29) is 18.1 Å². The minimum Gasteiger partial charge on any atom is -0.497 e. The summed E-state index contributed by atoms with van der Waals surface area (Å²) in [4.78, 5) is 27.8. The fourth-order valence-corrected chi connectivity index (χ4v) is 4.46. The standard InChI is InChI=1S/C24H33N3O6S/c1-6-20(24(29)25-7-2)26(16-18-11-10-12-19(15-18)32-3)23(28)17-27(34(5,30)31)21-13-8-9-14-22(21)33-4/h8-15,20H,6-7,16-17H2,1-5H3,(H,25,29)/t20-/m1/s1. The zero-order valence-corrected chi connectivity index (χ0v) is 21.1. The molecule has 0 aliphatic carbocycles. The molecule has 0 aromatic heterocycles. The SMILES string of the molecule is CCNC(=O)[C@@H](CC)N(Cc1cccc(OC)c1)C(=O)CN(c1ccccc1OC)S(C)(=O)=O. The first kappa shape index (κ1) is 27.0. The third kappa shape index (κ3) is 6.86. The van der Waals surface area contributed by atoms with Gasteiger partial charge in [-0.3, -0.25) is 13.9 Å². The highest BCUT2D eigenvalue weighted by Gasteiger charge is 2.32. The van der Waals surface area contributed by atoms with Crippen molar-refractivity contribution in [2.24, 2.45) is 0 Å². The van der Waals surface area contributed by atoms with Crippen LogP contribution in [0, 0.1) is 0 Å². The Balaban J connectivity index is 2.48. The first-order valence-electron chi connectivity index (χ1n) is 11.0. The fraction of sp³-hybridized carbons (Fsp3) is 0.417. The molecule has 0 radical (unpaired) electrons. The number of nitrogens with zero attached hydrogens (tertiary/aromatic N) is 2. The lowest BCUT2D eigenvalue weighted by atomic mass is 10.1. The molecule has 0 spiro atoms. The normalized spacial score (nSPS) is 11.9. The van der Waals surface area contributed by atoms with Crippen LogP contribution in [-0.4, -0.2) is 64.7 Å². The second-order valence-corrected chi connectivity index (χ2v) is 9.54. The third-order valence-electron chi connectivity index (χ3n) is 5.26. The van der Waals surface area contributed by atoms with Crippen molar-refractivity contribution in [2.75, 3.05) is 37.9 Å². The number of methoxy groups -OCH3 is 2. The lowest BCUT2D eigenvalue weighted by molar-refractivity contribution is -0.140. The Bertz CT molecular complexity index is 1090. The van der Waals surface area contributed by atoms with Crippen molar-refractivity contribution in [3.63, 3.8) is 0 Å². The van der Waals surface area contributed by atoms with E-state index in [4.69, 9.17) is 9.47 Å². The van der Waals surface area contributed by atoms with Gasteiger partial charge in [-0.1, -0.05) is 31.2 Å². The predicted octanol–water partition coefficient (Wildman–Crippen LogP) is 2.41. The average molecular weight is 492 g/mol. The van der Waals surface area contributed by atoms with Crippen LogP contribution < -0.4 is 19.1 Å². The molecule has 0 aliphatic rings. The number of hydrogen-bond acceptors (Lipinski definition) is 6. The van der Waals surface area contributed by atoms with E-state index in [0.717, 1.165) is 16.1 Å². The molecular weight excluding hydrogens is 458 g/mol. The molecule has 2 aromatic rings. The van der Waals surface area contributed by atoms with Crippen LogP contribution >= 0.6 is 0 Å². The van der Waals surface area contributed by atoms with E-state index in [1.54, 1.807) is 63.4 Å². The van der Waals surface area contributed by atoms with E-state index in [9.17, 15) is 18.0 Å². The van der Waals surface area contributed by atoms with Gasteiger partial charge in [-0.15, -0.1) is 0 Å². The molecule has 9 nitrogen and oxygen atoms in total. The summed E-state index contributed by atoms with van der Waals surface area (Å²) in [6.45, 7) is 3.63. The highest BCUT2D eigenvalue weighted by molar-refractivity contribution is 7.92. The molecule has 10 heteroatoms. The van der Waals surface area contributed by atoms with Crippen molar-refractivity contribution in [1.82, 2.24) is 10.2 Å². The number of carbonyl (C=O) groups excluding carboxylic acids is 2. The number of sulfonamides is 1. The first-order valence-corrected chi connectivity index (χ1v) is 12.8. The summed E-state index contributed by atoms with van der Waals surface area (Å²) in [6.07, 6.45) is 1.38. The average Bonchev–Trinajstić information content (AvgIpc) is 2.81. The van der Waals surface area contributed by atoms with Crippen molar-refractivity contribution >= 4 is 27.5 Å². The predicted molar refractivity (Wildman–Crippen MR) is 131 cm³/mol. The smallest absolute Gasteiger partial charge is 0.244 e. The molecule has 0 fully saturated rings. The Morgan fingerprint density at radius 1 is 1.03 bits per heavy atom. The number of carbonyl (C=O) groups is 2. The van der Waals surface area contributed by atoms with E-state index in [0.29, 0.717) is 24.5 Å². The van der Waals surface area contributed by atoms with E-state index in [1.807, 2.05) is 6.07 Å². The summed E-state index contributed by atoms with van der Waals surface area (Å²) in [6, 6.07) is 13.0. The fourth-order valence-electron chi connectivity index (χ4n) is 3.61. The molecule has 0 saturated carbocycles. The summed E-state index contributed by atoms with van der Waals surface area (Å²) < 4.78 is 36.9. The molecule has 1 atom stereocenters. The Morgan fingerprint density at radius 3 is 2.32 bits per heavy atom. The Hall–Kier alpha value is -3.27. The zero-order chi connectivity index (χ0) is 25.3. The van der Waals surface area contributed by atoms with Gasteiger partial charge in [-0.05, 0) is 43.2 Å². The summed E-state index contributed by atoms with van der Waals surface area (Å²) in [5.74, 6) is 0.111. The second-order valence-electron chi connectivity index (χ2n) is 7.63. The minimum atomic E-state index is -3.84. The van der Waals surface area contributed by atoms with Crippen molar-refractivity contribution in [3.05, 3.63) is 54.1 Å². The summed E-state index contributed by atoms with van der Waals surface area (Å²) in [7, 11) is -0.867. The van der Waals surface area contributed by atoms with Gasteiger partial charge in [0.2, 0.25) is 21.8 Å². The van der Waals surface area contributed by atoms with Crippen LogP contribution in [0.3, 0.4) is 0 Å². The monoisotopic (exact) mass is 491 g/mol. The van der Waals surface area contributed by atoms with Crippen molar-refractivity contribution in [1.29, 1.82) is 0 Å². The maximum Gasteiger partial charge on any atom is 0.244 e. The van der Waals surface area contributed by atoms with Gasteiger partial charge < -0.3 is 19.7 Å². The number of amides is 2. The van der Waals surface area contributed by atoms with Crippen LogP contribution in [0.25, 0.3) is 0 Å². The van der Waals surface area contributed by atoms with Crippen molar-refractivity contribution < 1.29 is 27.5 Å². The lowest BCUT2D eigenvalue weighted by Crippen LogP contribution is -2.52. The van der Waals surface area contributed by atoms with Crippen molar-refractivity contribution in [2.45, 2.75) is 32.9 Å². The first-order chi connectivity index (χ1) is 16.2. The molecule has 0 saturated heterocycles. The highest BCUT2D eigenvalue weighted by atomic mass is 32.2. The number of rotatable bonds is 12. The van der Waals surface area contributed by atoms with Crippen LogP contribution in [0.15, 0.2) is 48.5 Å². The molecule has 0 bridgehead atoms. The van der Waals surface area contributed by atoms with Gasteiger partial charge in [0.1, 0.15) is 24.1 Å².